The van der Waals surface area contributed by atoms with Gasteiger partial charge in [-0.3, -0.25) is 9.69 Å². The van der Waals surface area contributed by atoms with E-state index in [1.54, 1.807) is 19.1 Å². The molecule has 0 saturated carbocycles. The quantitative estimate of drug-likeness (QED) is 0.863. The molecule has 0 spiro atoms. The van der Waals surface area contributed by atoms with E-state index in [1.807, 2.05) is 17.0 Å². The molecule has 6 heteroatoms. The molecule has 0 aliphatic carbocycles. The number of para-hydroxylation sites is 1. The van der Waals surface area contributed by atoms with Gasteiger partial charge in [0.05, 0.1) is 5.02 Å². The van der Waals surface area contributed by atoms with Crippen molar-refractivity contribution in [1.29, 1.82) is 0 Å². The number of hydrogen-bond donors (Lipinski definition) is 1. The molecule has 1 amide bonds. The Hall–Kier alpha value is -1.30. The summed E-state index contributed by atoms with van der Waals surface area (Å²) in [5, 5.41) is 0.522. The lowest BCUT2D eigenvalue weighted by Gasteiger charge is -2.35. The Labute approximate surface area is 137 Å². The topological polar surface area (TPSA) is 58.8 Å². The van der Waals surface area contributed by atoms with Gasteiger partial charge in [0.2, 0.25) is 0 Å². The first kappa shape index (κ1) is 17.1. The Morgan fingerprint density at radius 1 is 1.32 bits per heavy atom. The lowest BCUT2D eigenvalue weighted by atomic mass is 10.2. The number of piperazine rings is 1. The van der Waals surface area contributed by atoms with E-state index >= 15 is 0 Å². The van der Waals surface area contributed by atoms with Gasteiger partial charge in [0.25, 0.3) is 5.91 Å². The van der Waals surface area contributed by atoms with Crippen LogP contribution in [0.25, 0.3) is 0 Å². The average Bonchev–Trinajstić information content (AvgIpc) is 2.55. The van der Waals surface area contributed by atoms with Gasteiger partial charge in [-0.25, -0.2) is 0 Å². The van der Waals surface area contributed by atoms with Gasteiger partial charge >= 0.3 is 0 Å². The smallest absolute Gasteiger partial charge is 0.263 e. The molecule has 1 aliphatic rings. The molecule has 1 aromatic rings. The highest BCUT2D eigenvalue weighted by Gasteiger charge is 2.26. The second kappa shape index (κ2) is 8.36. The molecule has 0 bridgehead atoms. The molecule has 1 atom stereocenters. The van der Waals surface area contributed by atoms with E-state index in [2.05, 4.69) is 4.90 Å². The minimum absolute atomic E-state index is 0.0124. The molecule has 1 aliphatic heterocycles. The number of nitrogens with zero attached hydrogens (tertiary/aromatic N) is 2. The van der Waals surface area contributed by atoms with E-state index in [-0.39, 0.29) is 5.91 Å². The number of halogens is 1. The molecule has 2 rings (SSSR count). The van der Waals surface area contributed by atoms with Crippen LogP contribution in [0.3, 0.4) is 0 Å². The highest BCUT2D eigenvalue weighted by molar-refractivity contribution is 6.32. The lowest BCUT2D eigenvalue weighted by Crippen LogP contribution is -2.52. The molecule has 1 unspecified atom stereocenters. The Bertz CT molecular complexity index is 490. The highest BCUT2D eigenvalue weighted by Crippen LogP contribution is 2.24. The number of nitrogens with two attached hydrogens (primary N) is 1. The van der Waals surface area contributed by atoms with Gasteiger partial charge in [0.1, 0.15) is 5.75 Å². The summed E-state index contributed by atoms with van der Waals surface area (Å²) in [5.41, 5.74) is 5.53. The maximum absolute atomic E-state index is 12.5. The maximum Gasteiger partial charge on any atom is 0.263 e. The number of carbonyl (C=O) groups is 1. The fourth-order valence-corrected chi connectivity index (χ4v) is 2.73. The molecule has 1 heterocycles. The number of benzene rings is 1. The second-order valence-electron chi connectivity index (χ2n) is 5.50. The molecule has 122 valence electrons. The molecule has 0 radical (unpaired) electrons. The first-order valence-corrected chi connectivity index (χ1v) is 8.12. The monoisotopic (exact) mass is 325 g/mol. The van der Waals surface area contributed by atoms with Gasteiger partial charge in [-0.1, -0.05) is 23.7 Å². The van der Waals surface area contributed by atoms with Crippen LogP contribution in [-0.4, -0.2) is 61.1 Å². The maximum atomic E-state index is 12.5. The van der Waals surface area contributed by atoms with Crippen molar-refractivity contribution in [1.82, 2.24) is 9.80 Å². The van der Waals surface area contributed by atoms with E-state index in [9.17, 15) is 4.79 Å². The molecule has 22 heavy (non-hydrogen) atoms. The SMILES string of the molecule is CC(Oc1ccccc1Cl)C(=O)N1CCN(CCCN)CC1. The summed E-state index contributed by atoms with van der Waals surface area (Å²) in [7, 11) is 0. The Balaban J connectivity index is 1.83. The first-order valence-electron chi connectivity index (χ1n) is 7.74. The molecule has 2 N–H and O–H groups in total. The van der Waals surface area contributed by atoms with Crippen LogP contribution in [0.4, 0.5) is 0 Å². The summed E-state index contributed by atoms with van der Waals surface area (Å²) < 4.78 is 5.70. The lowest BCUT2D eigenvalue weighted by molar-refractivity contribution is -0.139. The molecule has 1 aromatic carbocycles. The number of ether oxygens (including phenoxy) is 1. The standard InChI is InChI=1S/C16H24ClN3O2/c1-13(22-15-6-3-2-5-14(15)17)16(21)20-11-9-19(10-12-20)8-4-7-18/h2-3,5-6,13H,4,7-12,18H2,1H3. The molecule has 1 saturated heterocycles. The normalized spacial score (nSPS) is 17.3. The van der Waals surface area contributed by atoms with Gasteiger partial charge < -0.3 is 15.4 Å². The number of carbonyl (C=O) groups excluding carboxylic acids is 1. The number of hydrogen-bond acceptors (Lipinski definition) is 4. The Morgan fingerprint density at radius 3 is 2.64 bits per heavy atom. The van der Waals surface area contributed by atoms with Crippen LogP contribution < -0.4 is 10.5 Å². The number of amides is 1. The third-order valence-electron chi connectivity index (χ3n) is 3.85. The fourth-order valence-electron chi connectivity index (χ4n) is 2.55. The van der Waals surface area contributed by atoms with Crippen molar-refractivity contribution in [2.24, 2.45) is 5.73 Å². The molecule has 1 fully saturated rings. The molecule has 0 aromatic heterocycles. The summed E-state index contributed by atoms with van der Waals surface area (Å²) in [6, 6.07) is 7.21. The van der Waals surface area contributed by atoms with Gasteiger partial charge in [-0.2, -0.15) is 0 Å². The molecule has 5 nitrogen and oxygen atoms in total. The predicted molar refractivity (Wildman–Crippen MR) is 88.2 cm³/mol. The summed E-state index contributed by atoms with van der Waals surface area (Å²) in [6.07, 6.45) is 0.468. The van der Waals surface area contributed by atoms with Gasteiger partial charge in [-0.15, -0.1) is 0 Å². The summed E-state index contributed by atoms with van der Waals surface area (Å²) >= 11 is 6.06. The van der Waals surface area contributed by atoms with Crippen LogP contribution in [0.2, 0.25) is 5.02 Å². The van der Waals surface area contributed by atoms with Crippen molar-refractivity contribution >= 4 is 17.5 Å². The van der Waals surface area contributed by atoms with E-state index in [0.717, 1.165) is 39.1 Å². The summed E-state index contributed by atoms with van der Waals surface area (Å²) in [6.45, 7) is 6.74. The number of rotatable bonds is 6. The zero-order chi connectivity index (χ0) is 15.9. The van der Waals surface area contributed by atoms with Crippen molar-refractivity contribution in [3.63, 3.8) is 0 Å². The van der Waals surface area contributed by atoms with Crippen molar-refractivity contribution in [2.75, 3.05) is 39.3 Å². The van der Waals surface area contributed by atoms with Crippen molar-refractivity contribution in [3.05, 3.63) is 29.3 Å². The summed E-state index contributed by atoms with van der Waals surface area (Å²) in [4.78, 5) is 16.7. The van der Waals surface area contributed by atoms with E-state index < -0.39 is 6.10 Å². The van der Waals surface area contributed by atoms with Crippen LogP contribution in [0.1, 0.15) is 13.3 Å². The zero-order valence-corrected chi connectivity index (χ0v) is 13.8. The van der Waals surface area contributed by atoms with Gasteiger partial charge in [0.15, 0.2) is 6.10 Å². The second-order valence-corrected chi connectivity index (χ2v) is 5.91. The van der Waals surface area contributed by atoms with E-state index in [4.69, 9.17) is 22.1 Å². The molecular formula is C16H24ClN3O2. The average molecular weight is 326 g/mol. The van der Waals surface area contributed by atoms with Crippen LogP contribution in [0.15, 0.2) is 24.3 Å². The van der Waals surface area contributed by atoms with Crippen molar-refractivity contribution in [2.45, 2.75) is 19.4 Å². The van der Waals surface area contributed by atoms with Crippen LogP contribution >= 0.6 is 11.6 Å². The third kappa shape index (κ3) is 4.60. The Morgan fingerprint density at radius 2 is 2.00 bits per heavy atom. The van der Waals surface area contributed by atoms with Crippen LogP contribution in [-0.2, 0) is 4.79 Å². The predicted octanol–water partition coefficient (Wildman–Crippen LogP) is 1.60. The van der Waals surface area contributed by atoms with Crippen LogP contribution in [0.5, 0.6) is 5.75 Å². The Kier molecular flexibility index (Phi) is 6.49. The largest absolute Gasteiger partial charge is 0.479 e. The third-order valence-corrected chi connectivity index (χ3v) is 4.16. The zero-order valence-electron chi connectivity index (χ0n) is 13.0. The fraction of sp³-hybridized carbons (Fsp3) is 0.562. The van der Waals surface area contributed by atoms with Crippen molar-refractivity contribution in [3.8, 4) is 5.75 Å². The molecular weight excluding hydrogens is 302 g/mol. The van der Waals surface area contributed by atoms with Gasteiger partial charge in [0, 0.05) is 26.2 Å². The minimum atomic E-state index is -0.532. The van der Waals surface area contributed by atoms with Gasteiger partial charge in [-0.05, 0) is 38.6 Å². The van der Waals surface area contributed by atoms with Crippen molar-refractivity contribution < 1.29 is 9.53 Å². The minimum Gasteiger partial charge on any atom is -0.479 e. The highest BCUT2D eigenvalue weighted by atomic mass is 35.5. The first-order chi connectivity index (χ1) is 10.6. The van der Waals surface area contributed by atoms with E-state index in [1.165, 1.54) is 0 Å². The van der Waals surface area contributed by atoms with E-state index in [0.29, 0.717) is 17.3 Å². The van der Waals surface area contributed by atoms with Crippen LogP contribution in [0, 0.1) is 0 Å². The summed E-state index contributed by atoms with van der Waals surface area (Å²) in [5.74, 6) is 0.560.